The topological polar surface area (TPSA) is 74.3 Å². The van der Waals surface area contributed by atoms with E-state index >= 15 is 0 Å². The molecule has 0 aliphatic carbocycles. The molecule has 2 fully saturated rings. The first-order valence-electron chi connectivity index (χ1n) is 10.3. The van der Waals surface area contributed by atoms with Gasteiger partial charge in [-0.1, -0.05) is 24.3 Å². The zero-order valence-electron chi connectivity index (χ0n) is 16.2. The Morgan fingerprint density at radius 3 is 2.93 bits per heavy atom. The molecule has 0 saturated carbocycles. The lowest BCUT2D eigenvalue weighted by atomic mass is 9.97. The molecule has 2 aromatic rings. The summed E-state index contributed by atoms with van der Waals surface area (Å²) in [6, 6.07) is 9.89. The highest BCUT2D eigenvalue weighted by Crippen LogP contribution is 2.20. The zero-order chi connectivity index (χ0) is 19.3. The molecule has 4 rings (SSSR count). The summed E-state index contributed by atoms with van der Waals surface area (Å²) in [4.78, 5) is 31.5. The molecule has 1 aromatic carbocycles. The van der Waals surface area contributed by atoms with Crippen LogP contribution in [0.3, 0.4) is 0 Å². The van der Waals surface area contributed by atoms with Gasteiger partial charge in [0.05, 0.1) is 18.0 Å². The minimum atomic E-state index is -0.0415. The third kappa shape index (κ3) is 4.33. The molecule has 148 valence electrons. The number of benzene rings is 1. The molecule has 6 nitrogen and oxygen atoms in total. The van der Waals surface area contributed by atoms with Crippen LogP contribution in [0.4, 0.5) is 0 Å². The number of carbonyl (C=O) groups excluding carboxylic acids is 2. The summed E-state index contributed by atoms with van der Waals surface area (Å²) in [5, 5.41) is 7.37. The Bertz CT molecular complexity index is 842. The molecule has 2 aliphatic heterocycles. The molecule has 2 N–H and O–H groups in total. The number of nitrogens with zero attached hydrogens (tertiary/aromatic N) is 2. The summed E-state index contributed by atoms with van der Waals surface area (Å²) in [5.74, 6) is 0.572. The van der Waals surface area contributed by atoms with Crippen molar-refractivity contribution in [2.24, 2.45) is 5.92 Å². The van der Waals surface area contributed by atoms with Crippen molar-refractivity contribution in [2.75, 3.05) is 26.2 Å². The fourth-order valence-electron chi connectivity index (χ4n) is 4.32. The van der Waals surface area contributed by atoms with Crippen LogP contribution in [0.15, 0.2) is 36.5 Å². The van der Waals surface area contributed by atoms with Gasteiger partial charge in [-0.2, -0.15) is 0 Å². The number of amides is 2. The first-order chi connectivity index (χ1) is 13.7. The van der Waals surface area contributed by atoms with Crippen LogP contribution in [0.5, 0.6) is 0 Å². The highest BCUT2D eigenvalue weighted by atomic mass is 16.2. The molecule has 0 bridgehead atoms. The lowest BCUT2D eigenvalue weighted by Gasteiger charge is -2.33. The molecule has 28 heavy (non-hydrogen) atoms. The van der Waals surface area contributed by atoms with E-state index in [0.29, 0.717) is 18.9 Å². The number of piperidine rings is 1. The Kier molecular flexibility index (Phi) is 5.86. The minimum Gasteiger partial charge on any atom is -0.354 e. The predicted octanol–water partition coefficient (Wildman–Crippen LogP) is 1.88. The van der Waals surface area contributed by atoms with Crippen LogP contribution in [0, 0.1) is 5.92 Å². The van der Waals surface area contributed by atoms with Gasteiger partial charge >= 0.3 is 0 Å². The molecule has 0 spiro atoms. The average molecular weight is 380 g/mol. The Morgan fingerprint density at radius 1 is 1.18 bits per heavy atom. The smallest absolute Gasteiger partial charge is 0.237 e. The summed E-state index contributed by atoms with van der Waals surface area (Å²) in [7, 11) is 0. The van der Waals surface area contributed by atoms with Crippen LogP contribution in [0.25, 0.3) is 10.9 Å². The third-order valence-corrected chi connectivity index (χ3v) is 5.87. The van der Waals surface area contributed by atoms with E-state index in [9.17, 15) is 9.59 Å². The Labute approximate surface area is 165 Å². The van der Waals surface area contributed by atoms with Crippen molar-refractivity contribution < 1.29 is 9.59 Å². The number of aromatic nitrogens is 1. The molecular formula is C22H28N4O2. The molecule has 2 amide bonds. The summed E-state index contributed by atoms with van der Waals surface area (Å²) in [6.45, 7) is 3.09. The number of carbonyl (C=O) groups is 2. The van der Waals surface area contributed by atoms with Gasteiger partial charge in [0.1, 0.15) is 0 Å². The van der Waals surface area contributed by atoms with Crippen molar-refractivity contribution in [3.05, 3.63) is 42.1 Å². The first kappa shape index (κ1) is 18.9. The number of nitrogens with one attached hydrogen (secondary N) is 2. The second kappa shape index (κ2) is 8.69. The Balaban J connectivity index is 1.33. The fourth-order valence-corrected chi connectivity index (χ4v) is 4.32. The standard InChI is InChI=1S/C22H28N4O2/c27-20(13-18-7-1-6-17-8-2-11-24-21(17)18)26-12-4-5-16(15-26)14-25-22(28)19-9-3-10-23-19/h1-2,6-8,11,16,19,23H,3-5,9-10,12-15H2,(H,25,28). The highest BCUT2D eigenvalue weighted by molar-refractivity contribution is 5.87. The highest BCUT2D eigenvalue weighted by Gasteiger charge is 2.26. The number of para-hydroxylation sites is 1. The van der Waals surface area contributed by atoms with Crippen LogP contribution in [0.2, 0.25) is 0 Å². The number of likely N-dealkylation sites (tertiary alicyclic amines) is 1. The van der Waals surface area contributed by atoms with Gasteiger partial charge in [-0.15, -0.1) is 0 Å². The molecule has 2 atom stereocenters. The van der Waals surface area contributed by atoms with Gasteiger partial charge in [-0.25, -0.2) is 0 Å². The van der Waals surface area contributed by atoms with Crippen molar-refractivity contribution in [3.8, 4) is 0 Å². The van der Waals surface area contributed by atoms with Gasteiger partial charge in [0.15, 0.2) is 0 Å². The van der Waals surface area contributed by atoms with E-state index in [1.54, 1.807) is 6.20 Å². The average Bonchev–Trinajstić information content (AvgIpc) is 3.27. The molecular weight excluding hydrogens is 352 g/mol. The Hall–Kier alpha value is -2.47. The van der Waals surface area contributed by atoms with Gasteiger partial charge in [-0.05, 0) is 49.8 Å². The van der Waals surface area contributed by atoms with Crippen LogP contribution in [0.1, 0.15) is 31.2 Å². The van der Waals surface area contributed by atoms with E-state index in [1.165, 1.54) is 0 Å². The zero-order valence-corrected chi connectivity index (χ0v) is 16.2. The lowest BCUT2D eigenvalue weighted by molar-refractivity contribution is -0.132. The van der Waals surface area contributed by atoms with Crippen LogP contribution >= 0.6 is 0 Å². The van der Waals surface area contributed by atoms with Crippen molar-refractivity contribution in [3.63, 3.8) is 0 Å². The second-order valence-electron chi connectivity index (χ2n) is 7.91. The van der Waals surface area contributed by atoms with Crippen molar-refractivity contribution in [2.45, 2.75) is 38.1 Å². The quantitative estimate of drug-likeness (QED) is 0.831. The molecule has 2 aliphatic rings. The van der Waals surface area contributed by atoms with E-state index in [-0.39, 0.29) is 17.9 Å². The molecule has 6 heteroatoms. The predicted molar refractivity (Wildman–Crippen MR) is 109 cm³/mol. The summed E-state index contributed by atoms with van der Waals surface area (Å²) in [6.07, 6.45) is 6.17. The normalized spacial score (nSPS) is 22.4. The maximum atomic E-state index is 12.9. The number of fused-ring (bicyclic) bond motifs is 1. The first-order valence-corrected chi connectivity index (χ1v) is 10.3. The summed E-state index contributed by atoms with van der Waals surface area (Å²) < 4.78 is 0. The van der Waals surface area contributed by atoms with E-state index in [1.807, 2.05) is 35.2 Å². The fraction of sp³-hybridized carbons (Fsp3) is 0.500. The monoisotopic (exact) mass is 380 g/mol. The number of hydrogen-bond donors (Lipinski definition) is 2. The lowest BCUT2D eigenvalue weighted by Crippen LogP contribution is -2.47. The van der Waals surface area contributed by atoms with Crippen LogP contribution in [-0.2, 0) is 16.0 Å². The number of rotatable bonds is 5. The third-order valence-electron chi connectivity index (χ3n) is 5.87. The maximum Gasteiger partial charge on any atom is 0.237 e. The van der Waals surface area contributed by atoms with E-state index in [0.717, 1.165) is 61.8 Å². The SMILES string of the molecule is O=C(NCC1CCCN(C(=O)Cc2cccc3cccnc23)C1)C1CCCN1. The second-order valence-corrected chi connectivity index (χ2v) is 7.91. The van der Waals surface area contributed by atoms with Crippen LogP contribution < -0.4 is 10.6 Å². The number of hydrogen-bond acceptors (Lipinski definition) is 4. The Morgan fingerprint density at radius 2 is 2.07 bits per heavy atom. The molecule has 2 unspecified atom stereocenters. The number of pyridine rings is 1. The van der Waals surface area contributed by atoms with Crippen molar-refractivity contribution in [1.29, 1.82) is 0 Å². The molecule has 0 radical (unpaired) electrons. The maximum absolute atomic E-state index is 12.9. The largest absolute Gasteiger partial charge is 0.354 e. The van der Waals surface area contributed by atoms with Gasteiger partial charge in [-0.3, -0.25) is 14.6 Å². The van der Waals surface area contributed by atoms with Gasteiger partial charge < -0.3 is 15.5 Å². The summed E-state index contributed by atoms with van der Waals surface area (Å²) >= 11 is 0. The van der Waals surface area contributed by atoms with Crippen LogP contribution in [-0.4, -0.2) is 53.9 Å². The minimum absolute atomic E-state index is 0.0415. The molecule has 2 saturated heterocycles. The molecule has 3 heterocycles. The summed E-state index contributed by atoms with van der Waals surface area (Å²) in [5.41, 5.74) is 1.88. The van der Waals surface area contributed by atoms with Gasteiger partial charge in [0.2, 0.25) is 11.8 Å². The van der Waals surface area contributed by atoms with E-state index in [4.69, 9.17) is 0 Å². The van der Waals surface area contributed by atoms with Crippen molar-refractivity contribution in [1.82, 2.24) is 20.5 Å². The molecule has 1 aromatic heterocycles. The van der Waals surface area contributed by atoms with Gasteiger partial charge in [0.25, 0.3) is 0 Å². The van der Waals surface area contributed by atoms with E-state index < -0.39 is 0 Å². The van der Waals surface area contributed by atoms with Crippen molar-refractivity contribution >= 4 is 22.7 Å². The van der Waals surface area contributed by atoms with Gasteiger partial charge in [0, 0.05) is 31.2 Å². The van der Waals surface area contributed by atoms with E-state index in [2.05, 4.69) is 15.6 Å².